The summed E-state index contributed by atoms with van der Waals surface area (Å²) in [7, 11) is 0. The fourth-order valence-electron chi connectivity index (χ4n) is 0. The molecule has 0 fully saturated rings. The Morgan fingerprint density at radius 1 is 1.25 bits per heavy atom. The zero-order chi connectivity index (χ0) is 0. The third-order valence-corrected chi connectivity index (χ3v) is 0. The van der Waals surface area contributed by atoms with Gasteiger partial charge >= 0.3 is 23.1 Å². The Hall–Kier alpha value is 2.75. The summed E-state index contributed by atoms with van der Waals surface area (Å²) in [5, 5.41) is 0. The van der Waals surface area contributed by atoms with Crippen molar-refractivity contribution in [3.8, 4) is 0 Å². The van der Waals surface area contributed by atoms with E-state index in [1.54, 1.807) is 0 Å². The second-order valence-corrected chi connectivity index (χ2v) is 0. The Kier molecular flexibility index (Phi) is 126. The van der Waals surface area contributed by atoms with Crippen molar-refractivity contribution in [3.05, 3.63) is 0 Å². The van der Waals surface area contributed by atoms with Crippen molar-refractivity contribution >= 4 is 40.4 Å². The zero-order valence-corrected chi connectivity index (χ0v) is 6.83. The Labute approximate surface area is 86.1 Å². The van der Waals surface area contributed by atoms with Gasteiger partial charge in [0, 0.05) is 44.1 Å². The molecule has 0 heterocycles. The van der Waals surface area contributed by atoms with Crippen LogP contribution in [0.1, 0.15) is 2.85 Å². The van der Waals surface area contributed by atoms with Crippen molar-refractivity contribution in [2.45, 2.75) is 0 Å². The van der Waals surface area contributed by atoms with Crippen LogP contribution < -0.4 is 0 Å². The predicted molar refractivity (Wildman–Crippen MR) is 17.9 cm³/mol. The van der Waals surface area contributed by atoms with Gasteiger partial charge in [0.1, 0.15) is 0 Å². The van der Waals surface area contributed by atoms with Crippen LogP contribution in [0.4, 0.5) is 0 Å². The fourth-order valence-corrected chi connectivity index (χ4v) is 0. The van der Waals surface area contributed by atoms with Crippen LogP contribution in [0.2, 0.25) is 0 Å². The average Bonchev–Trinajstić information content (AvgIpc) is 0. The number of hydrogen-bond donors (Lipinski definition) is 0. The maximum atomic E-state index is 0. The van der Waals surface area contributed by atoms with Crippen LogP contribution in [0, 0.1) is 0 Å². The molecule has 0 aromatic carbocycles. The molecule has 0 aliphatic heterocycles. The van der Waals surface area contributed by atoms with Crippen LogP contribution in [0.15, 0.2) is 0 Å². The minimum atomic E-state index is 0. The summed E-state index contributed by atoms with van der Waals surface area (Å²) in [6.45, 7) is 0. The molecule has 0 aliphatic carbocycles. The van der Waals surface area contributed by atoms with Gasteiger partial charge in [0.2, 0.25) is 0 Å². The number of hydrogen-bond acceptors (Lipinski definition) is 0. The van der Waals surface area contributed by atoms with Gasteiger partial charge in [-0.15, -0.1) is 0 Å². The van der Waals surface area contributed by atoms with Crippen molar-refractivity contribution < 1.29 is 47.0 Å². The van der Waals surface area contributed by atoms with Crippen LogP contribution in [-0.2, 0) is 44.1 Å². The molecule has 1 radical (unpaired) electrons. The Morgan fingerprint density at radius 3 is 1.25 bits per heavy atom. The maximum Gasteiger partial charge on any atom is 2.00 e. The molecule has 0 amide bonds. The average molecular weight is 197 g/mol. The fraction of sp³-hybridized carbons (Fsp3) is 0. The van der Waals surface area contributed by atoms with Gasteiger partial charge in [0.05, 0.1) is 0 Å². The summed E-state index contributed by atoms with van der Waals surface area (Å²) >= 11 is 0. The predicted octanol–water partition coefficient (Wildman–Crippen LogP) is -1.34. The second-order valence-electron chi connectivity index (χ2n) is 0. The molecule has 0 aromatic heterocycles. The van der Waals surface area contributed by atoms with Crippen molar-refractivity contribution in [1.82, 2.24) is 0 Å². The van der Waals surface area contributed by atoms with E-state index in [0.29, 0.717) is 0 Å². The molecule has 4 heavy (non-hydrogen) atoms. The van der Waals surface area contributed by atoms with Gasteiger partial charge in [-0.1, -0.05) is 0 Å². The molecule has 0 aromatic rings. The first-order valence-corrected chi connectivity index (χ1v) is 0. The topological polar surface area (TPSA) is 0 Å². The van der Waals surface area contributed by atoms with Gasteiger partial charge in [-0.3, -0.25) is 0 Å². The van der Waals surface area contributed by atoms with Gasteiger partial charge in [0.15, 0.2) is 17.4 Å². The normalized spacial score (nSPS) is 0. The Bertz CT molecular complexity index is 13.5. The standard InChI is InChI=1S/Al.Mg.Nb.Ti.5H/q;+2;;;;;;2*-1. The summed E-state index contributed by atoms with van der Waals surface area (Å²) in [5.41, 5.74) is 0. The molecule has 19 valence electrons. The molecule has 0 unspecified atom stereocenters. The molecule has 0 saturated heterocycles. The van der Waals surface area contributed by atoms with Crippen LogP contribution in [0.25, 0.3) is 0 Å². The molecule has 0 spiro atoms. The third kappa shape index (κ3) is 8.83. The molecule has 0 aliphatic rings. The van der Waals surface area contributed by atoms with E-state index in [2.05, 4.69) is 0 Å². The first kappa shape index (κ1) is 29.5. The molecule has 0 N–H and O–H groups in total. The third-order valence-electron chi connectivity index (χ3n) is 0. The first-order chi connectivity index (χ1) is 0. The molecule has 0 bridgehead atoms. The van der Waals surface area contributed by atoms with Crippen molar-refractivity contribution in [2.75, 3.05) is 0 Å². The van der Waals surface area contributed by atoms with Crippen molar-refractivity contribution in [3.63, 3.8) is 0 Å². The molecular weight excluding hydrogens is 192 g/mol. The van der Waals surface area contributed by atoms with E-state index in [4.69, 9.17) is 0 Å². The molecule has 0 nitrogen and oxygen atoms in total. The minimum Gasteiger partial charge on any atom is -1.00 e. The molecule has 4 heteroatoms. The second kappa shape index (κ2) is 17.1. The largest absolute Gasteiger partial charge is 2.00 e. The Morgan fingerprint density at radius 2 is 1.25 bits per heavy atom. The quantitative estimate of drug-likeness (QED) is 0.421. The van der Waals surface area contributed by atoms with E-state index in [9.17, 15) is 0 Å². The molecule has 0 rings (SSSR count). The van der Waals surface area contributed by atoms with Crippen LogP contribution >= 0.6 is 0 Å². The minimum absolute atomic E-state index is 0. The number of rotatable bonds is 0. The summed E-state index contributed by atoms with van der Waals surface area (Å²) in [4.78, 5) is 0. The van der Waals surface area contributed by atoms with Gasteiger partial charge in [-0.2, -0.15) is 0 Å². The van der Waals surface area contributed by atoms with E-state index in [1.165, 1.54) is 0 Å². The summed E-state index contributed by atoms with van der Waals surface area (Å²) in [5.74, 6) is 0. The monoisotopic (exact) mass is 197 g/mol. The van der Waals surface area contributed by atoms with E-state index in [1.807, 2.05) is 0 Å². The van der Waals surface area contributed by atoms with Crippen LogP contribution in [0.3, 0.4) is 0 Å². The van der Waals surface area contributed by atoms with Gasteiger partial charge < -0.3 is 2.85 Å². The van der Waals surface area contributed by atoms with Gasteiger partial charge in [-0.05, 0) is 0 Å². The van der Waals surface area contributed by atoms with E-state index in [0.717, 1.165) is 0 Å². The summed E-state index contributed by atoms with van der Waals surface area (Å²) in [6, 6.07) is 0. The van der Waals surface area contributed by atoms with E-state index < -0.39 is 0 Å². The van der Waals surface area contributed by atoms with E-state index >= 15 is 0 Å². The van der Waals surface area contributed by atoms with Crippen molar-refractivity contribution in [1.29, 1.82) is 0 Å². The Balaban J connectivity index is 0. The van der Waals surface area contributed by atoms with E-state index in [-0.39, 0.29) is 87.4 Å². The maximum absolute atomic E-state index is 0. The van der Waals surface area contributed by atoms with Gasteiger partial charge in [-0.25, -0.2) is 0 Å². The molecule has 0 saturated carbocycles. The zero-order valence-electron chi connectivity index (χ0n) is 3.65. The molecular formula is H5AlMgNbTi. The molecule has 0 atom stereocenters. The van der Waals surface area contributed by atoms with Crippen molar-refractivity contribution in [2.24, 2.45) is 0 Å². The van der Waals surface area contributed by atoms with Crippen LogP contribution in [0.5, 0.6) is 0 Å². The SMILES string of the molecule is [AlH3].[H-].[H-].[Mg+2].[Nb].[Ti]. The van der Waals surface area contributed by atoms with Crippen LogP contribution in [-0.4, -0.2) is 40.4 Å². The van der Waals surface area contributed by atoms with Gasteiger partial charge in [0.25, 0.3) is 0 Å². The summed E-state index contributed by atoms with van der Waals surface area (Å²) in [6.07, 6.45) is 0. The summed E-state index contributed by atoms with van der Waals surface area (Å²) < 4.78 is 0. The smallest absolute Gasteiger partial charge is 1.00 e. The first-order valence-electron chi connectivity index (χ1n) is 0.